The Hall–Kier alpha value is -0.650. The van der Waals surface area contributed by atoms with E-state index in [1.54, 1.807) is 11.0 Å². The van der Waals surface area contributed by atoms with E-state index in [0.29, 0.717) is 23.5 Å². The van der Waals surface area contributed by atoms with Gasteiger partial charge in [0.2, 0.25) is 0 Å². The Morgan fingerprint density at radius 1 is 1.45 bits per heavy atom. The summed E-state index contributed by atoms with van der Waals surface area (Å²) in [6, 6.07) is 4.59. The fourth-order valence-electron chi connectivity index (χ4n) is 2.46. The summed E-state index contributed by atoms with van der Waals surface area (Å²) in [6.45, 7) is 3.30. The Morgan fingerprint density at radius 2 is 2.05 bits per heavy atom. The Morgan fingerprint density at radius 3 is 2.60 bits per heavy atom. The van der Waals surface area contributed by atoms with Crippen LogP contribution < -0.4 is 5.73 Å². The van der Waals surface area contributed by atoms with Crippen molar-refractivity contribution in [1.29, 1.82) is 0 Å². The van der Waals surface area contributed by atoms with E-state index in [9.17, 15) is 9.18 Å². The van der Waals surface area contributed by atoms with E-state index >= 15 is 0 Å². The average Bonchev–Trinajstić information content (AvgIpc) is 2.41. The van der Waals surface area contributed by atoms with Gasteiger partial charge in [0.15, 0.2) is 0 Å². The zero-order chi connectivity index (χ0) is 14.0. The minimum Gasteiger partial charge on any atom is -0.339 e. The summed E-state index contributed by atoms with van der Waals surface area (Å²) in [4.78, 5) is 14.0. The normalized spacial score (nSPS) is 17.5. The maximum absolute atomic E-state index is 13.7. The van der Waals surface area contributed by atoms with Crippen molar-refractivity contribution in [1.82, 2.24) is 4.90 Å². The smallest absolute Gasteiger partial charge is 0.256 e. The number of likely N-dealkylation sites (tertiary alicyclic amines) is 1. The number of nitrogens with zero attached hydrogens (tertiary/aromatic N) is 1. The van der Waals surface area contributed by atoms with E-state index in [-0.39, 0.29) is 29.9 Å². The van der Waals surface area contributed by atoms with Crippen LogP contribution in [0.3, 0.4) is 0 Å². The quantitative estimate of drug-likeness (QED) is 0.875. The summed E-state index contributed by atoms with van der Waals surface area (Å²) in [5.41, 5.74) is 6.01. The van der Waals surface area contributed by atoms with Gasteiger partial charge in [-0.1, -0.05) is 15.9 Å². The molecule has 1 amide bonds. The van der Waals surface area contributed by atoms with Crippen LogP contribution in [0, 0.1) is 11.7 Å². The highest BCUT2D eigenvalue weighted by Gasteiger charge is 2.26. The molecule has 20 heavy (non-hydrogen) atoms. The number of halogens is 3. The molecule has 3 nitrogen and oxygen atoms in total. The van der Waals surface area contributed by atoms with E-state index in [4.69, 9.17) is 5.73 Å². The first kappa shape index (κ1) is 17.4. The fourth-order valence-corrected chi connectivity index (χ4v) is 2.82. The molecule has 1 heterocycles. The number of piperidine rings is 1. The van der Waals surface area contributed by atoms with Crippen LogP contribution in [0.4, 0.5) is 4.39 Å². The molecule has 2 N–H and O–H groups in total. The van der Waals surface area contributed by atoms with Gasteiger partial charge in [-0.15, -0.1) is 12.4 Å². The standard InChI is InChI=1S/C14H18BrFN2O.ClH/c1-9(17)10-4-6-18(7-5-10)14(19)12-8-11(15)2-3-13(12)16;/h2-3,8-10H,4-7,17H2,1H3;1H. The van der Waals surface area contributed by atoms with Crippen molar-refractivity contribution in [2.75, 3.05) is 13.1 Å². The molecule has 1 aromatic carbocycles. The Kier molecular flexibility index (Phi) is 6.43. The maximum atomic E-state index is 13.7. The zero-order valence-electron chi connectivity index (χ0n) is 11.3. The second-order valence-corrected chi connectivity index (χ2v) is 6.03. The third kappa shape index (κ3) is 3.93. The lowest BCUT2D eigenvalue weighted by molar-refractivity contribution is 0.0676. The third-order valence-electron chi connectivity index (χ3n) is 3.73. The summed E-state index contributed by atoms with van der Waals surface area (Å²) in [6.07, 6.45) is 1.78. The average molecular weight is 366 g/mol. The van der Waals surface area contributed by atoms with Gasteiger partial charge < -0.3 is 10.6 Å². The molecule has 0 radical (unpaired) electrons. The molecule has 1 atom stereocenters. The fraction of sp³-hybridized carbons (Fsp3) is 0.500. The van der Waals surface area contributed by atoms with Crippen LogP contribution in [-0.4, -0.2) is 29.9 Å². The minimum atomic E-state index is -0.470. The van der Waals surface area contributed by atoms with Crippen molar-refractivity contribution in [3.8, 4) is 0 Å². The molecule has 0 spiro atoms. The molecule has 0 aliphatic carbocycles. The van der Waals surface area contributed by atoms with Crippen LogP contribution in [0.1, 0.15) is 30.1 Å². The van der Waals surface area contributed by atoms with Crippen molar-refractivity contribution < 1.29 is 9.18 Å². The summed E-state index contributed by atoms with van der Waals surface area (Å²) in [5, 5.41) is 0. The highest BCUT2D eigenvalue weighted by atomic mass is 79.9. The van der Waals surface area contributed by atoms with E-state index in [1.807, 2.05) is 6.92 Å². The van der Waals surface area contributed by atoms with Gasteiger partial charge in [-0.2, -0.15) is 0 Å². The van der Waals surface area contributed by atoms with Crippen molar-refractivity contribution in [2.45, 2.75) is 25.8 Å². The molecular formula is C14H19BrClFN2O. The topological polar surface area (TPSA) is 46.3 Å². The van der Waals surface area contributed by atoms with Crippen LogP contribution in [0.15, 0.2) is 22.7 Å². The second-order valence-electron chi connectivity index (χ2n) is 5.11. The van der Waals surface area contributed by atoms with E-state index in [1.165, 1.54) is 12.1 Å². The number of rotatable bonds is 2. The van der Waals surface area contributed by atoms with Crippen LogP contribution in [-0.2, 0) is 0 Å². The van der Waals surface area contributed by atoms with Crippen molar-refractivity contribution in [2.24, 2.45) is 11.7 Å². The van der Waals surface area contributed by atoms with Crippen molar-refractivity contribution in [3.63, 3.8) is 0 Å². The number of carbonyl (C=O) groups is 1. The summed E-state index contributed by atoms with van der Waals surface area (Å²) >= 11 is 3.26. The maximum Gasteiger partial charge on any atom is 0.256 e. The highest BCUT2D eigenvalue weighted by molar-refractivity contribution is 9.10. The van der Waals surface area contributed by atoms with Crippen molar-refractivity contribution in [3.05, 3.63) is 34.1 Å². The van der Waals surface area contributed by atoms with Crippen molar-refractivity contribution >= 4 is 34.2 Å². The minimum absolute atomic E-state index is 0. The third-order valence-corrected chi connectivity index (χ3v) is 4.22. The number of hydrogen-bond donors (Lipinski definition) is 1. The molecule has 0 aromatic heterocycles. The number of hydrogen-bond acceptors (Lipinski definition) is 2. The lowest BCUT2D eigenvalue weighted by Crippen LogP contribution is -2.42. The lowest BCUT2D eigenvalue weighted by Gasteiger charge is -2.33. The molecule has 0 bridgehead atoms. The molecule has 1 aliphatic heterocycles. The molecule has 112 valence electrons. The van der Waals surface area contributed by atoms with Gasteiger partial charge in [0.05, 0.1) is 5.56 Å². The second kappa shape index (κ2) is 7.38. The molecule has 2 rings (SSSR count). The van der Waals surface area contributed by atoms with Gasteiger partial charge in [0.1, 0.15) is 5.82 Å². The largest absolute Gasteiger partial charge is 0.339 e. The number of carbonyl (C=O) groups excluding carboxylic acids is 1. The summed E-state index contributed by atoms with van der Waals surface area (Å²) in [5.74, 6) is -0.249. The monoisotopic (exact) mass is 364 g/mol. The summed E-state index contributed by atoms with van der Waals surface area (Å²) < 4.78 is 14.4. The van der Waals surface area contributed by atoms with Crippen LogP contribution in [0.2, 0.25) is 0 Å². The first-order valence-corrected chi connectivity index (χ1v) is 7.28. The van der Waals surface area contributed by atoms with Gasteiger partial charge in [-0.3, -0.25) is 4.79 Å². The van der Waals surface area contributed by atoms with E-state index in [2.05, 4.69) is 15.9 Å². The SMILES string of the molecule is CC(N)C1CCN(C(=O)c2cc(Br)ccc2F)CC1.Cl. The molecule has 0 saturated carbocycles. The van der Waals surface area contributed by atoms with Gasteiger partial charge in [-0.25, -0.2) is 4.39 Å². The molecule has 1 aliphatic rings. The molecule has 1 saturated heterocycles. The highest BCUT2D eigenvalue weighted by Crippen LogP contribution is 2.23. The molecule has 1 unspecified atom stereocenters. The van der Waals surface area contributed by atoms with Gasteiger partial charge in [-0.05, 0) is 43.9 Å². The van der Waals surface area contributed by atoms with Gasteiger partial charge >= 0.3 is 0 Å². The first-order valence-electron chi connectivity index (χ1n) is 6.49. The molecule has 1 aromatic rings. The molecule has 1 fully saturated rings. The number of nitrogens with two attached hydrogens (primary N) is 1. The predicted octanol–water partition coefficient (Wildman–Crippen LogP) is 3.21. The van der Waals surface area contributed by atoms with Crippen LogP contribution in [0.25, 0.3) is 0 Å². The Bertz CT molecular complexity index is 476. The predicted molar refractivity (Wildman–Crippen MR) is 83.6 cm³/mol. The van der Waals surface area contributed by atoms with E-state index < -0.39 is 5.82 Å². The summed E-state index contributed by atoms with van der Waals surface area (Å²) in [7, 11) is 0. The number of benzene rings is 1. The van der Waals surface area contributed by atoms with Crippen LogP contribution >= 0.6 is 28.3 Å². The molecular weight excluding hydrogens is 347 g/mol. The Labute approximate surface area is 133 Å². The lowest BCUT2D eigenvalue weighted by atomic mass is 9.90. The Balaban J connectivity index is 0.00000200. The molecule has 6 heteroatoms. The van der Waals surface area contributed by atoms with Gasteiger partial charge in [0, 0.05) is 23.6 Å². The number of amides is 1. The first-order chi connectivity index (χ1) is 8.99. The van der Waals surface area contributed by atoms with E-state index in [0.717, 1.165) is 12.8 Å². The van der Waals surface area contributed by atoms with Crippen LogP contribution in [0.5, 0.6) is 0 Å². The van der Waals surface area contributed by atoms with Gasteiger partial charge in [0.25, 0.3) is 5.91 Å². The zero-order valence-corrected chi connectivity index (χ0v) is 13.7.